The first-order valence-corrected chi connectivity index (χ1v) is 5.95. The zero-order valence-corrected chi connectivity index (χ0v) is 11.0. The van der Waals surface area contributed by atoms with Gasteiger partial charge >= 0.3 is 0 Å². The Morgan fingerprint density at radius 1 is 0.833 bits per heavy atom. The monoisotopic (exact) mass is 286 g/mol. The van der Waals surface area contributed by atoms with Crippen LogP contribution in [-0.4, -0.2) is 82.3 Å². The van der Waals surface area contributed by atoms with Gasteiger partial charge in [-0.1, -0.05) is 0 Å². The number of ether oxygens (including phenoxy) is 1. The zero-order valence-electron chi connectivity index (χ0n) is 10.1. The molecule has 0 aliphatic heterocycles. The molecule has 0 fully saturated rings. The summed E-state index contributed by atoms with van der Waals surface area (Å²) in [6.07, 6.45) is 0. The molecule has 7 nitrogen and oxygen atoms in total. The first-order valence-electron chi connectivity index (χ1n) is 5.44. The smallest absolute Gasteiger partial charge is 0.109 e. The Morgan fingerprint density at radius 3 is 1.56 bits per heavy atom. The third-order valence-electron chi connectivity index (χ3n) is 2.98. The molecule has 0 aromatic carbocycles. The largest absolute Gasteiger partial charge is 0.396 e. The van der Waals surface area contributed by atoms with E-state index in [1.165, 1.54) is 0 Å². The highest BCUT2D eigenvalue weighted by Gasteiger charge is 2.37. The van der Waals surface area contributed by atoms with Crippen molar-refractivity contribution in [2.24, 2.45) is 10.8 Å². The Morgan fingerprint density at radius 2 is 1.28 bits per heavy atom. The van der Waals surface area contributed by atoms with Gasteiger partial charge in [0.2, 0.25) is 0 Å². The molecule has 0 bridgehead atoms. The van der Waals surface area contributed by atoms with Gasteiger partial charge in [0.15, 0.2) is 0 Å². The molecule has 110 valence electrons. The highest BCUT2D eigenvalue weighted by atomic mass is 32.1. The van der Waals surface area contributed by atoms with Gasteiger partial charge in [-0.2, -0.15) is 0 Å². The van der Waals surface area contributed by atoms with E-state index in [9.17, 15) is 5.11 Å². The van der Waals surface area contributed by atoms with Crippen molar-refractivity contribution in [1.29, 1.82) is 0 Å². The zero-order chi connectivity index (χ0) is 14.2. The molecule has 0 amide bonds. The van der Waals surface area contributed by atoms with Crippen LogP contribution in [0.2, 0.25) is 0 Å². The molecule has 0 heterocycles. The molecule has 18 heavy (non-hydrogen) atoms. The van der Waals surface area contributed by atoms with Gasteiger partial charge in [0, 0.05) is 0 Å². The average molecular weight is 286 g/mol. The minimum absolute atomic E-state index is 0.182. The van der Waals surface area contributed by atoms with Crippen LogP contribution in [0.5, 0.6) is 0 Å². The Balaban J connectivity index is 4.46. The summed E-state index contributed by atoms with van der Waals surface area (Å²) in [7, 11) is 0. The fraction of sp³-hybridized carbons (Fsp3) is 1.00. The maximum atomic E-state index is 9.38. The van der Waals surface area contributed by atoms with E-state index >= 15 is 0 Å². The fourth-order valence-corrected chi connectivity index (χ4v) is 1.37. The molecule has 0 rings (SSSR count). The van der Waals surface area contributed by atoms with E-state index in [4.69, 9.17) is 30.3 Å². The van der Waals surface area contributed by atoms with Crippen LogP contribution < -0.4 is 0 Å². The van der Waals surface area contributed by atoms with Crippen LogP contribution >= 0.6 is 12.6 Å². The lowest BCUT2D eigenvalue weighted by Crippen LogP contribution is -2.46. The summed E-state index contributed by atoms with van der Waals surface area (Å²) in [5.74, 6) is 0. The Kier molecular flexibility index (Phi) is 8.31. The maximum Gasteiger partial charge on any atom is 0.109 e. The Hall–Kier alpha value is 0.0700. The van der Waals surface area contributed by atoms with Gasteiger partial charge in [-0.25, -0.2) is 0 Å². The van der Waals surface area contributed by atoms with Crippen molar-refractivity contribution in [3.63, 3.8) is 0 Å². The summed E-state index contributed by atoms with van der Waals surface area (Å²) in [6, 6.07) is 0. The number of aliphatic hydroxyl groups excluding tert-OH is 6. The van der Waals surface area contributed by atoms with Crippen molar-refractivity contribution in [3.05, 3.63) is 0 Å². The lowest BCUT2D eigenvalue weighted by atomic mass is 9.90. The molecule has 0 aromatic heterocycles. The molecule has 0 saturated carbocycles. The number of rotatable bonds is 10. The average Bonchev–Trinajstić information content (AvgIpc) is 2.40. The normalized spacial score (nSPS) is 14.8. The van der Waals surface area contributed by atoms with Crippen molar-refractivity contribution in [2.45, 2.75) is 5.44 Å². The quantitative estimate of drug-likeness (QED) is 0.170. The fourth-order valence-electron chi connectivity index (χ4n) is 1.14. The summed E-state index contributed by atoms with van der Waals surface area (Å²) in [6.45, 7) is -2.93. The molecule has 1 unspecified atom stereocenters. The minimum Gasteiger partial charge on any atom is -0.396 e. The van der Waals surface area contributed by atoms with E-state index in [2.05, 4.69) is 12.6 Å². The van der Waals surface area contributed by atoms with Crippen LogP contribution in [0.1, 0.15) is 0 Å². The summed E-state index contributed by atoms with van der Waals surface area (Å²) in [5.41, 5.74) is -3.83. The van der Waals surface area contributed by atoms with Gasteiger partial charge in [0.25, 0.3) is 0 Å². The van der Waals surface area contributed by atoms with E-state index < -0.39 is 49.3 Å². The molecule has 0 radical (unpaired) electrons. The Bertz CT molecular complexity index is 208. The van der Waals surface area contributed by atoms with Crippen LogP contribution in [0.25, 0.3) is 0 Å². The van der Waals surface area contributed by atoms with Crippen LogP contribution in [0.3, 0.4) is 0 Å². The molecule has 1 atom stereocenters. The Labute approximate surface area is 111 Å². The van der Waals surface area contributed by atoms with Crippen LogP contribution in [0, 0.1) is 10.8 Å². The highest BCUT2D eigenvalue weighted by molar-refractivity contribution is 7.80. The van der Waals surface area contributed by atoms with Gasteiger partial charge in [-0.15, -0.1) is 12.6 Å². The summed E-state index contributed by atoms with van der Waals surface area (Å²) < 4.78 is 5.17. The number of aliphatic hydroxyl groups is 6. The molecule has 0 spiro atoms. The second-order valence-corrected chi connectivity index (χ2v) is 5.01. The number of hydrogen-bond donors (Lipinski definition) is 7. The second-order valence-electron chi connectivity index (χ2n) is 4.52. The van der Waals surface area contributed by atoms with Crippen LogP contribution in [0.15, 0.2) is 0 Å². The molecule has 0 aliphatic rings. The van der Waals surface area contributed by atoms with Crippen molar-refractivity contribution >= 4 is 12.6 Å². The van der Waals surface area contributed by atoms with Crippen LogP contribution in [-0.2, 0) is 4.74 Å². The molecule has 0 aliphatic carbocycles. The van der Waals surface area contributed by atoms with Crippen molar-refractivity contribution in [1.82, 2.24) is 0 Å². The van der Waals surface area contributed by atoms with E-state index in [1.54, 1.807) is 0 Å². The van der Waals surface area contributed by atoms with E-state index in [0.29, 0.717) is 0 Å². The predicted molar refractivity (Wildman–Crippen MR) is 66.1 cm³/mol. The first kappa shape index (κ1) is 18.1. The number of hydrogen-bond acceptors (Lipinski definition) is 8. The van der Waals surface area contributed by atoms with E-state index in [1.807, 2.05) is 0 Å². The van der Waals surface area contributed by atoms with E-state index in [-0.39, 0.29) is 13.2 Å². The molecule has 0 aromatic rings. The standard InChI is InChI=1S/C10H22O7S/c11-1-9(2-12,3-13)6-17-7-10(4-14,5-15)8(16)18/h8,11-16,18H,1-7H2. The van der Waals surface area contributed by atoms with Gasteiger partial charge in [0.05, 0.1) is 57.1 Å². The molecule has 6 N–H and O–H groups in total. The topological polar surface area (TPSA) is 131 Å². The molecule has 0 saturated heterocycles. The number of thiol groups is 1. The maximum absolute atomic E-state index is 9.38. The van der Waals surface area contributed by atoms with Gasteiger partial charge in [-0.3, -0.25) is 0 Å². The van der Waals surface area contributed by atoms with Gasteiger partial charge in [-0.05, 0) is 0 Å². The lowest BCUT2D eigenvalue weighted by Gasteiger charge is -2.34. The second kappa shape index (κ2) is 8.28. The summed E-state index contributed by atoms with van der Waals surface area (Å²) in [4.78, 5) is 0. The molecular weight excluding hydrogens is 264 g/mol. The third kappa shape index (κ3) is 4.32. The van der Waals surface area contributed by atoms with E-state index in [0.717, 1.165) is 0 Å². The molecule has 8 heteroatoms. The van der Waals surface area contributed by atoms with Crippen molar-refractivity contribution < 1.29 is 35.4 Å². The molecular formula is C10H22O7S. The predicted octanol–water partition coefficient (Wildman–Crippen LogP) is -2.81. The van der Waals surface area contributed by atoms with Crippen molar-refractivity contribution in [2.75, 3.05) is 46.2 Å². The first-order chi connectivity index (χ1) is 8.45. The highest BCUT2D eigenvalue weighted by Crippen LogP contribution is 2.25. The summed E-state index contributed by atoms with van der Waals surface area (Å²) >= 11 is 3.76. The SMILES string of the molecule is OCC(CO)(CO)COCC(CO)(CO)C(O)S. The van der Waals surface area contributed by atoms with Crippen LogP contribution in [0.4, 0.5) is 0 Å². The minimum atomic E-state index is -1.34. The third-order valence-corrected chi connectivity index (χ3v) is 3.53. The van der Waals surface area contributed by atoms with Gasteiger partial charge in [0.1, 0.15) is 5.44 Å². The summed E-state index contributed by atoms with van der Waals surface area (Å²) in [5, 5.41) is 54.9. The van der Waals surface area contributed by atoms with Gasteiger partial charge < -0.3 is 35.4 Å². The lowest BCUT2D eigenvalue weighted by molar-refractivity contribution is -0.108. The van der Waals surface area contributed by atoms with Crippen molar-refractivity contribution in [3.8, 4) is 0 Å².